The van der Waals surface area contributed by atoms with Gasteiger partial charge in [0.05, 0.1) is 19.9 Å². The summed E-state index contributed by atoms with van der Waals surface area (Å²) in [5, 5.41) is 9.24. The van der Waals surface area contributed by atoms with Crippen molar-refractivity contribution in [1.82, 2.24) is 0 Å². The van der Waals surface area contributed by atoms with Crippen LogP contribution in [0.4, 0.5) is 11.4 Å². The predicted molar refractivity (Wildman–Crippen MR) is 87.3 cm³/mol. The lowest BCUT2D eigenvalue weighted by Gasteiger charge is -2.19. The van der Waals surface area contributed by atoms with E-state index in [1.807, 2.05) is 6.92 Å². The number of halogens is 1. The first-order valence-electron chi connectivity index (χ1n) is 5.98. The Balaban J connectivity index is 2.42. The Labute approximate surface area is 134 Å². The van der Waals surface area contributed by atoms with E-state index in [1.54, 1.807) is 19.2 Å². The molecular formula is C14H13BrN2O3S. The number of benzene rings is 1. The highest BCUT2D eigenvalue weighted by Crippen LogP contribution is 2.30. The first-order valence-corrected chi connectivity index (χ1v) is 7.59. The van der Waals surface area contributed by atoms with Crippen LogP contribution in [0.5, 0.6) is 0 Å². The van der Waals surface area contributed by atoms with Crippen molar-refractivity contribution in [3.8, 4) is 0 Å². The van der Waals surface area contributed by atoms with Crippen LogP contribution in [-0.4, -0.2) is 24.0 Å². The van der Waals surface area contributed by atoms with E-state index in [1.165, 1.54) is 28.4 Å². The highest BCUT2D eigenvalue weighted by molar-refractivity contribution is 9.11. The number of rotatable bonds is 3. The van der Waals surface area contributed by atoms with E-state index in [4.69, 9.17) is 5.73 Å². The molecule has 0 unspecified atom stereocenters. The van der Waals surface area contributed by atoms with Crippen molar-refractivity contribution >= 4 is 50.5 Å². The van der Waals surface area contributed by atoms with Gasteiger partial charge in [0.25, 0.3) is 5.91 Å². The third kappa shape index (κ3) is 3.08. The van der Waals surface area contributed by atoms with Crippen LogP contribution in [0, 0.1) is 6.92 Å². The highest BCUT2D eigenvalue weighted by atomic mass is 79.9. The molecule has 0 aliphatic carbocycles. The number of anilines is 2. The van der Waals surface area contributed by atoms with Crippen LogP contribution in [0.2, 0.25) is 0 Å². The summed E-state index contributed by atoms with van der Waals surface area (Å²) in [7, 11) is 1.54. The van der Waals surface area contributed by atoms with Gasteiger partial charge in [-0.25, -0.2) is 4.79 Å². The number of carbonyl (C=O) groups excluding carboxylic acids is 1. The highest BCUT2D eigenvalue weighted by Gasteiger charge is 2.21. The molecule has 3 N–H and O–H groups in total. The van der Waals surface area contributed by atoms with Crippen LogP contribution in [0.3, 0.4) is 0 Å². The van der Waals surface area contributed by atoms with E-state index in [9.17, 15) is 14.7 Å². The molecule has 7 heteroatoms. The number of hydrogen-bond acceptors (Lipinski definition) is 4. The number of carboxylic acid groups (broad SMARTS) is 1. The molecule has 1 amide bonds. The number of nitrogens with two attached hydrogens (primary N) is 1. The molecule has 21 heavy (non-hydrogen) atoms. The minimum absolute atomic E-state index is 0.00167. The quantitative estimate of drug-likeness (QED) is 0.813. The molecule has 0 spiro atoms. The number of thiophene rings is 1. The van der Waals surface area contributed by atoms with Gasteiger partial charge in [0.2, 0.25) is 0 Å². The lowest BCUT2D eigenvalue weighted by atomic mass is 10.1. The normalized spacial score (nSPS) is 10.4. The van der Waals surface area contributed by atoms with Crippen molar-refractivity contribution in [1.29, 1.82) is 0 Å². The van der Waals surface area contributed by atoms with E-state index < -0.39 is 5.97 Å². The monoisotopic (exact) mass is 368 g/mol. The van der Waals surface area contributed by atoms with Crippen LogP contribution >= 0.6 is 27.3 Å². The minimum atomic E-state index is -1.12. The number of amides is 1. The minimum Gasteiger partial charge on any atom is -0.478 e. The Morgan fingerprint density at radius 1 is 1.33 bits per heavy atom. The molecule has 0 saturated carbocycles. The second-order valence-corrected chi connectivity index (χ2v) is 6.88. The van der Waals surface area contributed by atoms with Crippen molar-refractivity contribution in [2.75, 3.05) is 17.7 Å². The molecule has 2 rings (SSSR count). The largest absolute Gasteiger partial charge is 0.478 e. The van der Waals surface area contributed by atoms with Gasteiger partial charge in [0.1, 0.15) is 0 Å². The predicted octanol–water partition coefficient (Wildman–Crippen LogP) is 3.38. The molecule has 0 saturated heterocycles. The van der Waals surface area contributed by atoms with E-state index in [0.717, 1.165) is 9.35 Å². The molecule has 1 aromatic heterocycles. The third-order valence-corrected chi connectivity index (χ3v) is 5.11. The van der Waals surface area contributed by atoms with Crippen LogP contribution in [0.25, 0.3) is 0 Å². The zero-order chi connectivity index (χ0) is 15.7. The molecule has 2 aromatic rings. The van der Waals surface area contributed by atoms with Crippen molar-refractivity contribution in [2.24, 2.45) is 0 Å². The summed E-state index contributed by atoms with van der Waals surface area (Å²) in [4.78, 5) is 25.6. The van der Waals surface area contributed by atoms with Crippen molar-refractivity contribution < 1.29 is 14.7 Å². The molecule has 5 nitrogen and oxygen atoms in total. The number of aryl methyl sites for hydroxylation is 1. The van der Waals surface area contributed by atoms with Crippen LogP contribution < -0.4 is 10.6 Å². The summed E-state index contributed by atoms with van der Waals surface area (Å²) in [5.41, 5.74) is 7.22. The first-order chi connectivity index (χ1) is 9.81. The number of carboxylic acids is 1. The van der Waals surface area contributed by atoms with Crippen LogP contribution in [0.15, 0.2) is 28.1 Å². The SMILES string of the molecule is Cc1cc(C(=O)N(C)c2ccc(N)cc2C(=O)O)sc1Br. The lowest BCUT2D eigenvalue weighted by molar-refractivity contribution is 0.0698. The van der Waals surface area contributed by atoms with Gasteiger partial charge >= 0.3 is 5.97 Å². The Kier molecular flexibility index (Phi) is 4.34. The molecule has 1 aromatic carbocycles. The fraction of sp³-hybridized carbons (Fsp3) is 0.143. The Bertz CT molecular complexity index is 708. The van der Waals surface area contributed by atoms with Crippen molar-refractivity contribution in [3.63, 3.8) is 0 Å². The summed E-state index contributed by atoms with van der Waals surface area (Å²) in [6.45, 7) is 1.89. The fourth-order valence-electron chi connectivity index (χ4n) is 1.86. The summed E-state index contributed by atoms with van der Waals surface area (Å²) < 4.78 is 0.884. The van der Waals surface area contributed by atoms with Crippen molar-refractivity contribution in [2.45, 2.75) is 6.92 Å². The zero-order valence-electron chi connectivity index (χ0n) is 11.4. The molecule has 0 fully saturated rings. The van der Waals surface area contributed by atoms with E-state index in [0.29, 0.717) is 16.3 Å². The van der Waals surface area contributed by atoms with E-state index >= 15 is 0 Å². The maximum Gasteiger partial charge on any atom is 0.337 e. The first kappa shape index (κ1) is 15.5. The summed E-state index contributed by atoms with van der Waals surface area (Å²) in [6, 6.07) is 6.22. The van der Waals surface area contributed by atoms with Gasteiger partial charge in [-0.3, -0.25) is 4.79 Å². The number of aromatic carboxylic acids is 1. The maximum atomic E-state index is 12.5. The molecule has 0 aliphatic rings. The van der Waals surface area contributed by atoms with Gasteiger partial charge in [-0.05, 0) is 52.7 Å². The number of hydrogen-bond donors (Lipinski definition) is 2. The number of carbonyl (C=O) groups is 2. The molecule has 0 bridgehead atoms. The smallest absolute Gasteiger partial charge is 0.337 e. The molecule has 1 heterocycles. The molecule has 0 aliphatic heterocycles. The second kappa shape index (κ2) is 5.87. The molecule has 0 atom stereocenters. The Morgan fingerprint density at radius 3 is 2.52 bits per heavy atom. The number of nitrogen functional groups attached to an aromatic ring is 1. The summed E-state index contributed by atoms with van der Waals surface area (Å²) >= 11 is 4.69. The Morgan fingerprint density at radius 2 is 2.00 bits per heavy atom. The topological polar surface area (TPSA) is 83.6 Å². The average molecular weight is 369 g/mol. The van der Waals surface area contributed by atoms with Crippen LogP contribution in [0.1, 0.15) is 25.6 Å². The van der Waals surface area contributed by atoms with Gasteiger partial charge < -0.3 is 15.7 Å². The molecule has 110 valence electrons. The third-order valence-electron chi connectivity index (χ3n) is 2.98. The van der Waals surface area contributed by atoms with Gasteiger partial charge in [-0.15, -0.1) is 11.3 Å². The fourth-order valence-corrected chi connectivity index (χ4v) is 3.37. The van der Waals surface area contributed by atoms with Gasteiger partial charge in [-0.2, -0.15) is 0 Å². The summed E-state index contributed by atoms with van der Waals surface area (Å²) in [5.74, 6) is -1.39. The van der Waals surface area contributed by atoms with E-state index in [-0.39, 0.29) is 11.5 Å². The van der Waals surface area contributed by atoms with Gasteiger partial charge in [0.15, 0.2) is 0 Å². The lowest BCUT2D eigenvalue weighted by Crippen LogP contribution is -2.27. The molecule has 0 radical (unpaired) electrons. The number of nitrogens with zero attached hydrogens (tertiary/aromatic N) is 1. The van der Waals surface area contributed by atoms with Gasteiger partial charge in [0, 0.05) is 12.7 Å². The molecular weight excluding hydrogens is 356 g/mol. The average Bonchev–Trinajstić information content (AvgIpc) is 2.77. The van der Waals surface area contributed by atoms with E-state index in [2.05, 4.69) is 15.9 Å². The standard InChI is InChI=1S/C14H13BrN2O3S/c1-7-5-11(21-12(7)15)13(18)17(2)10-4-3-8(16)6-9(10)14(19)20/h3-6H,16H2,1-2H3,(H,19,20). The summed E-state index contributed by atoms with van der Waals surface area (Å²) in [6.07, 6.45) is 0. The second-order valence-electron chi connectivity index (χ2n) is 4.51. The van der Waals surface area contributed by atoms with Gasteiger partial charge in [-0.1, -0.05) is 0 Å². The zero-order valence-corrected chi connectivity index (χ0v) is 13.8. The van der Waals surface area contributed by atoms with Crippen molar-refractivity contribution in [3.05, 3.63) is 44.1 Å². The Hall–Kier alpha value is -1.86. The maximum absolute atomic E-state index is 12.5. The van der Waals surface area contributed by atoms with Crippen LogP contribution in [-0.2, 0) is 0 Å².